The lowest BCUT2D eigenvalue weighted by molar-refractivity contribution is 0.00446. The molecule has 3 aromatic heterocycles. The van der Waals surface area contributed by atoms with Gasteiger partial charge in [-0.1, -0.05) is 0 Å². The van der Waals surface area contributed by atoms with E-state index in [-0.39, 0.29) is 12.5 Å². The zero-order chi connectivity index (χ0) is 21.3. The molecule has 4 rings (SSSR count). The molecule has 5 N–H and O–H groups in total. The summed E-state index contributed by atoms with van der Waals surface area (Å²) in [5, 5.41) is 36.5. The van der Waals surface area contributed by atoms with Crippen LogP contribution in [0.2, 0.25) is 0 Å². The minimum absolute atomic E-state index is 0.185. The van der Waals surface area contributed by atoms with E-state index in [4.69, 9.17) is 0 Å². The van der Waals surface area contributed by atoms with Crippen molar-refractivity contribution in [3.05, 3.63) is 41.4 Å². The van der Waals surface area contributed by atoms with Crippen molar-refractivity contribution in [3.8, 4) is 10.4 Å². The van der Waals surface area contributed by atoms with Crippen molar-refractivity contribution in [3.63, 3.8) is 0 Å². The van der Waals surface area contributed by atoms with Crippen molar-refractivity contribution in [2.24, 2.45) is 5.92 Å². The standard InChI is InChI=1S/C20H24N6O3S/c1-10-3-13(4-11(2)23-10)24-20-22-6-14(16-7-21-9-30-16)19(26-20)25-15-5-12(8-27)17(28)18(15)29/h3-4,6-7,9,12,15,17-18,27-29H,5,8H2,1-2H3,(H2,22,23,24,25,26). The fourth-order valence-corrected chi connectivity index (χ4v) is 4.37. The van der Waals surface area contributed by atoms with E-state index in [0.717, 1.165) is 27.5 Å². The molecule has 0 aromatic carbocycles. The first-order valence-corrected chi connectivity index (χ1v) is 10.5. The molecule has 158 valence electrons. The molecule has 30 heavy (non-hydrogen) atoms. The van der Waals surface area contributed by atoms with Crippen molar-refractivity contribution in [2.45, 2.75) is 38.5 Å². The lowest BCUT2D eigenvalue weighted by atomic mass is 10.1. The summed E-state index contributed by atoms with van der Waals surface area (Å²) >= 11 is 1.46. The lowest BCUT2D eigenvalue weighted by Gasteiger charge is -2.20. The number of nitrogens with one attached hydrogen (secondary N) is 2. The summed E-state index contributed by atoms with van der Waals surface area (Å²) in [7, 11) is 0. The molecule has 0 saturated heterocycles. The van der Waals surface area contributed by atoms with Crippen LogP contribution < -0.4 is 10.6 Å². The van der Waals surface area contributed by atoms with Gasteiger partial charge in [-0.25, -0.2) is 4.98 Å². The Labute approximate surface area is 177 Å². The van der Waals surface area contributed by atoms with Crippen molar-refractivity contribution >= 4 is 28.8 Å². The van der Waals surface area contributed by atoms with Gasteiger partial charge in [0.1, 0.15) is 11.9 Å². The number of rotatable bonds is 6. The summed E-state index contributed by atoms with van der Waals surface area (Å²) in [5.74, 6) is 0.531. The molecule has 3 heterocycles. The molecule has 0 radical (unpaired) electrons. The van der Waals surface area contributed by atoms with Crippen LogP contribution in [0.3, 0.4) is 0 Å². The van der Waals surface area contributed by atoms with Crippen LogP contribution >= 0.6 is 11.3 Å². The molecule has 4 unspecified atom stereocenters. The van der Waals surface area contributed by atoms with Gasteiger partial charge in [-0.3, -0.25) is 9.97 Å². The molecule has 1 aliphatic rings. The third-order valence-corrected chi connectivity index (χ3v) is 5.99. The largest absolute Gasteiger partial charge is 0.396 e. The van der Waals surface area contributed by atoms with Crippen LogP contribution in [-0.2, 0) is 0 Å². The van der Waals surface area contributed by atoms with E-state index in [2.05, 4.69) is 30.6 Å². The predicted octanol–water partition coefficient (Wildman–Crippen LogP) is 1.87. The van der Waals surface area contributed by atoms with E-state index in [0.29, 0.717) is 18.2 Å². The zero-order valence-corrected chi connectivity index (χ0v) is 17.5. The molecule has 10 heteroatoms. The summed E-state index contributed by atoms with van der Waals surface area (Å²) in [6.45, 7) is 3.65. The van der Waals surface area contributed by atoms with E-state index in [9.17, 15) is 15.3 Å². The second kappa shape index (κ2) is 8.60. The number of thiazole rings is 1. The van der Waals surface area contributed by atoms with Crippen molar-refractivity contribution in [1.82, 2.24) is 19.9 Å². The fraction of sp³-hybridized carbons (Fsp3) is 0.400. The summed E-state index contributed by atoms with van der Waals surface area (Å²) in [6.07, 6.45) is 1.87. The third kappa shape index (κ3) is 4.26. The molecule has 1 saturated carbocycles. The average molecular weight is 429 g/mol. The Balaban J connectivity index is 1.65. The fourth-order valence-electron chi connectivity index (χ4n) is 3.74. The Kier molecular flexibility index (Phi) is 5.91. The number of aromatic nitrogens is 4. The Morgan fingerprint density at radius 2 is 1.87 bits per heavy atom. The lowest BCUT2D eigenvalue weighted by Crippen LogP contribution is -2.35. The number of aryl methyl sites for hydroxylation is 2. The van der Waals surface area contributed by atoms with Crippen LogP contribution in [0.1, 0.15) is 17.8 Å². The minimum Gasteiger partial charge on any atom is -0.396 e. The molecular formula is C20H24N6O3S. The number of hydrogen-bond donors (Lipinski definition) is 5. The van der Waals surface area contributed by atoms with E-state index < -0.39 is 18.2 Å². The van der Waals surface area contributed by atoms with Gasteiger partial charge in [0.25, 0.3) is 0 Å². The van der Waals surface area contributed by atoms with Gasteiger partial charge in [0.05, 0.1) is 28.1 Å². The van der Waals surface area contributed by atoms with Gasteiger partial charge in [-0.05, 0) is 32.4 Å². The van der Waals surface area contributed by atoms with Gasteiger partial charge in [-0.15, -0.1) is 11.3 Å². The number of nitrogens with zero attached hydrogens (tertiary/aromatic N) is 4. The normalized spacial score (nSPS) is 23.5. The highest BCUT2D eigenvalue weighted by atomic mass is 32.1. The molecule has 0 aliphatic heterocycles. The Hall–Kier alpha value is -2.66. The van der Waals surface area contributed by atoms with E-state index in [1.807, 2.05) is 26.0 Å². The Morgan fingerprint density at radius 3 is 2.50 bits per heavy atom. The van der Waals surface area contributed by atoms with Crippen LogP contribution in [0.5, 0.6) is 0 Å². The van der Waals surface area contributed by atoms with Crippen molar-refractivity contribution < 1.29 is 15.3 Å². The van der Waals surface area contributed by atoms with E-state index >= 15 is 0 Å². The van der Waals surface area contributed by atoms with Gasteiger partial charge >= 0.3 is 0 Å². The second-order valence-corrected chi connectivity index (χ2v) is 8.38. The maximum Gasteiger partial charge on any atom is 0.229 e. The SMILES string of the molecule is Cc1cc(Nc2ncc(-c3cncs3)c(NC3CC(CO)C(O)C3O)n2)cc(C)n1. The molecule has 1 fully saturated rings. The van der Waals surface area contributed by atoms with E-state index in [1.165, 1.54) is 11.3 Å². The quantitative estimate of drug-likeness (QED) is 0.398. The van der Waals surface area contributed by atoms with Gasteiger partial charge < -0.3 is 26.0 Å². The van der Waals surface area contributed by atoms with Gasteiger partial charge in [0.2, 0.25) is 5.95 Å². The van der Waals surface area contributed by atoms with Crippen molar-refractivity contribution in [1.29, 1.82) is 0 Å². The summed E-state index contributed by atoms with van der Waals surface area (Å²) in [5.41, 5.74) is 5.07. The van der Waals surface area contributed by atoms with Crippen LogP contribution in [0.15, 0.2) is 30.0 Å². The smallest absolute Gasteiger partial charge is 0.229 e. The third-order valence-electron chi connectivity index (χ3n) is 5.18. The van der Waals surface area contributed by atoms with Gasteiger partial charge in [0, 0.05) is 42.0 Å². The monoisotopic (exact) mass is 428 g/mol. The topological polar surface area (TPSA) is 136 Å². The molecule has 4 atom stereocenters. The molecule has 1 aliphatic carbocycles. The molecule has 0 amide bonds. The first-order valence-electron chi connectivity index (χ1n) is 9.66. The molecule has 0 bridgehead atoms. The van der Waals surface area contributed by atoms with Crippen molar-refractivity contribution in [2.75, 3.05) is 17.2 Å². The number of aliphatic hydroxyl groups excluding tert-OH is 3. The molecular weight excluding hydrogens is 404 g/mol. The molecule has 3 aromatic rings. The van der Waals surface area contributed by atoms with Crippen LogP contribution in [0.25, 0.3) is 10.4 Å². The summed E-state index contributed by atoms with van der Waals surface area (Å²) in [6, 6.07) is 3.37. The maximum absolute atomic E-state index is 10.4. The zero-order valence-electron chi connectivity index (χ0n) is 16.6. The molecule has 9 nitrogen and oxygen atoms in total. The Bertz CT molecular complexity index is 996. The van der Waals surface area contributed by atoms with Crippen LogP contribution in [0.4, 0.5) is 17.5 Å². The van der Waals surface area contributed by atoms with E-state index in [1.54, 1.807) is 17.9 Å². The summed E-state index contributed by atoms with van der Waals surface area (Å²) < 4.78 is 0. The Morgan fingerprint density at radius 1 is 1.10 bits per heavy atom. The van der Waals surface area contributed by atoms with Crippen LogP contribution in [0, 0.1) is 19.8 Å². The second-order valence-electron chi connectivity index (χ2n) is 7.50. The minimum atomic E-state index is -1.01. The average Bonchev–Trinajstić information content (AvgIpc) is 3.32. The molecule has 0 spiro atoms. The highest BCUT2D eigenvalue weighted by Crippen LogP contribution is 2.34. The van der Waals surface area contributed by atoms with Crippen LogP contribution in [-0.4, -0.2) is 60.1 Å². The highest BCUT2D eigenvalue weighted by Gasteiger charge is 2.41. The van der Waals surface area contributed by atoms with Gasteiger partial charge in [0.15, 0.2) is 0 Å². The summed E-state index contributed by atoms with van der Waals surface area (Å²) in [4.78, 5) is 18.4. The number of pyridine rings is 1. The number of anilines is 3. The first kappa shape index (κ1) is 20.6. The first-order chi connectivity index (χ1) is 14.4. The maximum atomic E-state index is 10.4. The van der Waals surface area contributed by atoms with Gasteiger partial charge in [-0.2, -0.15) is 4.98 Å². The number of aliphatic hydroxyl groups is 3. The highest BCUT2D eigenvalue weighted by molar-refractivity contribution is 7.13. The predicted molar refractivity (Wildman–Crippen MR) is 115 cm³/mol. The number of hydrogen-bond acceptors (Lipinski definition) is 10.